The van der Waals surface area contributed by atoms with E-state index in [1.54, 1.807) is 9.58 Å². The van der Waals surface area contributed by atoms with Crippen molar-refractivity contribution in [3.63, 3.8) is 0 Å². The van der Waals surface area contributed by atoms with Crippen LogP contribution in [0.1, 0.15) is 44.9 Å². The topological polar surface area (TPSA) is 72.8 Å². The van der Waals surface area contributed by atoms with E-state index in [0.29, 0.717) is 31.7 Å². The van der Waals surface area contributed by atoms with E-state index in [4.69, 9.17) is 9.47 Å². The van der Waals surface area contributed by atoms with Crippen molar-refractivity contribution in [3.8, 4) is 5.69 Å². The predicted molar refractivity (Wildman–Crippen MR) is 119 cm³/mol. The van der Waals surface area contributed by atoms with Crippen molar-refractivity contribution < 1.29 is 14.3 Å². The largest absolute Gasteiger partial charge is 0.438 e. The first-order valence-corrected chi connectivity index (χ1v) is 11.0. The number of nitrogens with zero attached hydrogens (tertiary/aromatic N) is 4. The number of hydrogen-bond donors (Lipinski definition) is 0. The Morgan fingerprint density at radius 2 is 1.72 bits per heavy atom. The SMILES string of the molecule is CC1(CC2(c3ccccc3)CCN(C(C)(C)c3cn(-c4ccccc4)nn3)C(=O)O2)CO1. The summed E-state index contributed by atoms with van der Waals surface area (Å²) in [7, 11) is 0. The van der Waals surface area contributed by atoms with Crippen molar-refractivity contribution in [2.24, 2.45) is 0 Å². The van der Waals surface area contributed by atoms with Crippen LogP contribution in [0.4, 0.5) is 4.79 Å². The summed E-state index contributed by atoms with van der Waals surface area (Å²) < 4.78 is 13.6. The summed E-state index contributed by atoms with van der Waals surface area (Å²) >= 11 is 0. The van der Waals surface area contributed by atoms with Gasteiger partial charge < -0.3 is 9.47 Å². The molecule has 0 saturated carbocycles. The maximum absolute atomic E-state index is 13.4. The van der Waals surface area contributed by atoms with Gasteiger partial charge in [-0.1, -0.05) is 53.7 Å². The number of carbonyl (C=O) groups is 1. The van der Waals surface area contributed by atoms with E-state index in [9.17, 15) is 4.79 Å². The van der Waals surface area contributed by atoms with Gasteiger partial charge in [0.15, 0.2) is 0 Å². The minimum atomic E-state index is -0.697. The number of hydrogen-bond acceptors (Lipinski definition) is 5. The van der Waals surface area contributed by atoms with E-state index in [2.05, 4.69) is 17.2 Å². The molecule has 2 aliphatic rings. The Morgan fingerprint density at radius 1 is 1.06 bits per heavy atom. The number of benzene rings is 2. The number of aromatic nitrogens is 3. The highest BCUT2D eigenvalue weighted by Gasteiger charge is 2.54. The zero-order valence-electron chi connectivity index (χ0n) is 18.7. The molecule has 7 heteroatoms. The number of epoxide rings is 1. The molecule has 0 N–H and O–H groups in total. The average Bonchev–Trinajstić information content (AvgIpc) is 3.30. The zero-order chi connectivity index (χ0) is 22.4. The third-order valence-corrected chi connectivity index (χ3v) is 6.65. The Kier molecular flexibility index (Phi) is 4.82. The smallest absolute Gasteiger partial charge is 0.411 e. The molecule has 0 aliphatic carbocycles. The minimum Gasteiger partial charge on any atom is -0.438 e. The zero-order valence-corrected chi connectivity index (χ0v) is 18.7. The van der Waals surface area contributed by atoms with Gasteiger partial charge in [0, 0.05) is 19.4 Å². The van der Waals surface area contributed by atoms with E-state index >= 15 is 0 Å². The molecule has 2 fully saturated rings. The molecule has 2 unspecified atom stereocenters. The van der Waals surface area contributed by atoms with Gasteiger partial charge in [-0.2, -0.15) is 0 Å². The summed E-state index contributed by atoms with van der Waals surface area (Å²) in [5, 5.41) is 8.66. The Labute approximate surface area is 187 Å². The first-order valence-electron chi connectivity index (χ1n) is 11.0. The second-order valence-electron chi connectivity index (χ2n) is 9.49. The summed E-state index contributed by atoms with van der Waals surface area (Å²) in [6, 6.07) is 19.8. The molecular weight excluding hydrogens is 404 g/mol. The lowest BCUT2D eigenvalue weighted by Gasteiger charge is -2.47. The van der Waals surface area contributed by atoms with Crippen LogP contribution in [0.2, 0.25) is 0 Å². The van der Waals surface area contributed by atoms with Crippen molar-refractivity contribution in [2.75, 3.05) is 13.2 Å². The van der Waals surface area contributed by atoms with Crippen molar-refractivity contribution >= 4 is 6.09 Å². The van der Waals surface area contributed by atoms with E-state index in [0.717, 1.165) is 11.3 Å². The van der Waals surface area contributed by atoms with Gasteiger partial charge in [0.2, 0.25) is 0 Å². The van der Waals surface area contributed by atoms with Gasteiger partial charge in [-0.3, -0.25) is 4.90 Å². The van der Waals surface area contributed by atoms with E-state index in [-0.39, 0.29) is 11.7 Å². The Bertz CT molecular complexity index is 1110. The second kappa shape index (κ2) is 7.45. The first-order chi connectivity index (χ1) is 15.3. The molecule has 3 heterocycles. The molecule has 2 saturated heterocycles. The highest BCUT2D eigenvalue weighted by atomic mass is 16.6. The van der Waals surface area contributed by atoms with Crippen LogP contribution in [-0.2, 0) is 20.6 Å². The van der Waals surface area contributed by atoms with Gasteiger partial charge >= 0.3 is 6.09 Å². The molecule has 2 aliphatic heterocycles. The van der Waals surface area contributed by atoms with Crippen LogP contribution in [0.25, 0.3) is 5.69 Å². The van der Waals surface area contributed by atoms with Crippen LogP contribution in [0.15, 0.2) is 66.9 Å². The molecule has 1 aromatic heterocycles. The fourth-order valence-corrected chi connectivity index (χ4v) is 4.56. The number of carbonyl (C=O) groups excluding carboxylic acids is 1. The summed E-state index contributed by atoms with van der Waals surface area (Å²) in [4.78, 5) is 15.1. The Balaban J connectivity index is 1.41. The molecule has 7 nitrogen and oxygen atoms in total. The summed E-state index contributed by atoms with van der Waals surface area (Å²) in [5.74, 6) is 0. The number of rotatable bonds is 6. The van der Waals surface area contributed by atoms with E-state index in [1.165, 1.54) is 0 Å². The van der Waals surface area contributed by atoms with Crippen LogP contribution in [-0.4, -0.2) is 44.7 Å². The van der Waals surface area contributed by atoms with Gasteiger partial charge in [-0.25, -0.2) is 9.48 Å². The average molecular weight is 433 g/mol. The van der Waals surface area contributed by atoms with Crippen LogP contribution >= 0.6 is 0 Å². The van der Waals surface area contributed by atoms with Crippen molar-refractivity contribution in [1.82, 2.24) is 19.9 Å². The molecule has 166 valence electrons. The summed E-state index contributed by atoms with van der Waals surface area (Å²) in [5.41, 5.74) is 1.03. The second-order valence-corrected chi connectivity index (χ2v) is 9.49. The Morgan fingerprint density at radius 3 is 2.34 bits per heavy atom. The monoisotopic (exact) mass is 432 g/mol. The first kappa shape index (κ1) is 20.7. The van der Waals surface area contributed by atoms with Gasteiger partial charge in [0.25, 0.3) is 0 Å². The molecule has 0 spiro atoms. The van der Waals surface area contributed by atoms with Gasteiger partial charge in [-0.05, 0) is 38.5 Å². The minimum absolute atomic E-state index is 0.244. The fraction of sp³-hybridized carbons (Fsp3) is 0.400. The van der Waals surface area contributed by atoms with Crippen molar-refractivity contribution in [2.45, 2.75) is 50.4 Å². The van der Waals surface area contributed by atoms with Gasteiger partial charge in [-0.15, -0.1) is 5.10 Å². The standard InChI is InChI=1S/C25H28N4O3/c1-23(2,21-16-29(27-26-21)20-12-8-5-9-13-20)28-15-14-25(32-22(28)30,17-24(3)18-31-24)19-10-6-4-7-11-19/h4-13,16H,14-15,17-18H2,1-3H3. The maximum Gasteiger partial charge on any atom is 0.411 e. The Hall–Kier alpha value is -3.19. The third-order valence-electron chi connectivity index (χ3n) is 6.65. The normalized spacial score (nSPS) is 25.5. The van der Waals surface area contributed by atoms with Crippen molar-refractivity contribution in [3.05, 3.63) is 78.1 Å². The molecule has 32 heavy (non-hydrogen) atoms. The third kappa shape index (κ3) is 3.66. The highest BCUT2D eigenvalue weighted by Crippen LogP contribution is 2.47. The highest BCUT2D eigenvalue weighted by molar-refractivity contribution is 5.70. The van der Waals surface area contributed by atoms with E-state index < -0.39 is 11.1 Å². The number of ether oxygens (including phenoxy) is 2. The van der Waals surface area contributed by atoms with Crippen LogP contribution in [0.3, 0.4) is 0 Å². The number of amides is 1. The number of cyclic esters (lactones) is 1. The molecule has 2 atom stereocenters. The lowest BCUT2D eigenvalue weighted by Crippen LogP contribution is -2.55. The fourth-order valence-electron chi connectivity index (χ4n) is 4.56. The molecule has 3 aromatic rings. The maximum atomic E-state index is 13.4. The lowest BCUT2D eigenvalue weighted by molar-refractivity contribution is -0.0871. The summed E-state index contributed by atoms with van der Waals surface area (Å²) in [6.07, 6.45) is 2.86. The van der Waals surface area contributed by atoms with Crippen LogP contribution in [0, 0.1) is 0 Å². The molecular formula is C25H28N4O3. The van der Waals surface area contributed by atoms with E-state index in [1.807, 2.05) is 80.7 Å². The lowest BCUT2D eigenvalue weighted by atomic mass is 9.81. The van der Waals surface area contributed by atoms with Crippen molar-refractivity contribution in [1.29, 1.82) is 0 Å². The van der Waals surface area contributed by atoms with Crippen LogP contribution in [0.5, 0.6) is 0 Å². The van der Waals surface area contributed by atoms with Gasteiger partial charge in [0.1, 0.15) is 11.3 Å². The molecule has 0 radical (unpaired) electrons. The predicted octanol–water partition coefficient (Wildman–Crippen LogP) is 4.42. The molecule has 5 rings (SSSR count). The molecule has 0 bridgehead atoms. The molecule has 2 aromatic carbocycles. The quantitative estimate of drug-likeness (QED) is 0.539. The number of para-hydroxylation sites is 1. The van der Waals surface area contributed by atoms with Gasteiger partial charge in [0.05, 0.1) is 29.6 Å². The summed E-state index contributed by atoms with van der Waals surface area (Å²) in [6.45, 7) is 7.28. The van der Waals surface area contributed by atoms with Crippen LogP contribution < -0.4 is 0 Å². The molecule has 1 amide bonds.